The number of nitrogens with zero attached hydrogens (tertiary/aromatic N) is 1. The Kier molecular flexibility index (Phi) is 4.92. The van der Waals surface area contributed by atoms with Gasteiger partial charge in [-0.25, -0.2) is 8.42 Å². The summed E-state index contributed by atoms with van der Waals surface area (Å²) < 4.78 is 28.7. The van der Waals surface area contributed by atoms with Crippen LogP contribution in [-0.4, -0.2) is 33.2 Å². The van der Waals surface area contributed by atoms with E-state index in [9.17, 15) is 8.42 Å². The number of hydrogen-bond acceptors (Lipinski definition) is 4. The Hall–Kier alpha value is -1.85. The van der Waals surface area contributed by atoms with Crippen molar-refractivity contribution in [2.45, 2.75) is 30.3 Å². The molecule has 1 fully saturated rings. The average Bonchev–Trinajstić information content (AvgIpc) is 3.02. The van der Waals surface area contributed by atoms with Gasteiger partial charge in [-0.05, 0) is 43.1 Å². The van der Waals surface area contributed by atoms with Gasteiger partial charge in [-0.15, -0.1) is 0 Å². The van der Waals surface area contributed by atoms with Gasteiger partial charge in [0.05, 0.1) is 12.0 Å². The summed E-state index contributed by atoms with van der Waals surface area (Å²) in [6, 6.07) is 15.7. The molecule has 24 heavy (non-hydrogen) atoms. The first-order valence-electron chi connectivity index (χ1n) is 8.15. The van der Waals surface area contributed by atoms with Crippen LogP contribution in [0.1, 0.15) is 30.0 Å². The highest BCUT2D eigenvalue weighted by Crippen LogP contribution is 2.37. The van der Waals surface area contributed by atoms with Gasteiger partial charge in [0.1, 0.15) is 5.75 Å². The summed E-state index contributed by atoms with van der Waals surface area (Å²) >= 11 is 0. The number of sulfone groups is 1. The molecule has 0 spiro atoms. The van der Waals surface area contributed by atoms with Crippen molar-refractivity contribution in [3.8, 4) is 5.75 Å². The summed E-state index contributed by atoms with van der Waals surface area (Å²) in [7, 11) is -1.43. The van der Waals surface area contributed by atoms with Gasteiger partial charge in [0.2, 0.25) is 0 Å². The van der Waals surface area contributed by atoms with E-state index in [0.717, 1.165) is 37.2 Å². The van der Waals surface area contributed by atoms with Gasteiger partial charge in [0.25, 0.3) is 0 Å². The Bertz CT molecular complexity index is 800. The van der Waals surface area contributed by atoms with Crippen LogP contribution in [0.3, 0.4) is 0 Å². The van der Waals surface area contributed by atoms with Crippen LogP contribution >= 0.6 is 0 Å². The van der Waals surface area contributed by atoms with Crippen LogP contribution in [-0.2, 0) is 16.4 Å². The van der Waals surface area contributed by atoms with Crippen molar-refractivity contribution in [3.63, 3.8) is 0 Å². The zero-order valence-corrected chi connectivity index (χ0v) is 14.9. The molecular formula is C19H23NO3S. The molecule has 0 saturated carbocycles. The van der Waals surface area contributed by atoms with Crippen molar-refractivity contribution in [1.82, 2.24) is 4.90 Å². The molecule has 0 aromatic heterocycles. The number of methoxy groups -OCH3 is 1. The van der Waals surface area contributed by atoms with Gasteiger partial charge < -0.3 is 4.74 Å². The molecule has 1 unspecified atom stereocenters. The van der Waals surface area contributed by atoms with Gasteiger partial charge in [0.15, 0.2) is 9.84 Å². The summed E-state index contributed by atoms with van der Waals surface area (Å²) in [6.07, 6.45) is 3.51. The van der Waals surface area contributed by atoms with Gasteiger partial charge in [-0.1, -0.05) is 30.3 Å². The minimum atomic E-state index is -3.14. The van der Waals surface area contributed by atoms with Crippen LogP contribution in [0, 0.1) is 0 Å². The largest absolute Gasteiger partial charge is 0.496 e. The number of likely N-dealkylation sites (tertiary alicyclic amines) is 1. The zero-order chi connectivity index (χ0) is 17.2. The minimum Gasteiger partial charge on any atom is -0.496 e. The van der Waals surface area contributed by atoms with Gasteiger partial charge >= 0.3 is 0 Å². The predicted molar refractivity (Wildman–Crippen MR) is 94.9 cm³/mol. The fourth-order valence-electron chi connectivity index (χ4n) is 3.39. The number of benzene rings is 2. The average molecular weight is 345 g/mol. The third kappa shape index (κ3) is 3.62. The van der Waals surface area contributed by atoms with E-state index in [1.807, 2.05) is 24.3 Å². The molecule has 0 N–H and O–H groups in total. The molecule has 1 heterocycles. The first-order valence-corrected chi connectivity index (χ1v) is 10.0. The van der Waals surface area contributed by atoms with Crippen molar-refractivity contribution >= 4 is 9.84 Å². The lowest BCUT2D eigenvalue weighted by molar-refractivity contribution is 0.243. The SMILES string of the molecule is COc1ccccc1C1CCCN1Cc1ccc(S(C)(=O)=O)cc1. The summed E-state index contributed by atoms with van der Waals surface area (Å²) in [5.41, 5.74) is 2.36. The van der Waals surface area contributed by atoms with E-state index < -0.39 is 9.84 Å². The van der Waals surface area contributed by atoms with Crippen LogP contribution in [0.2, 0.25) is 0 Å². The van der Waals surface area contributed by atoms with Crippen LogP contribution in [0.25, 0.3) is 0 Å². The first kappa shape index (κ1) is 17.0. The lowest BCUT2D eigenvalue weighted by atomic mass is 10.0. The highest BCUT2D eigenvalue weighted by Gasteiger charge is 2.28. The fraction of sp³-hybridized carbons (Fsp3) is 0.368. The highest BCUT2D eigenvalue weighted by molar-refractivity contribution is 7.90. The number of para-hydroxylation sites is 1. The van der Waals surface area contributed by atoms with Crippen molar-refractivity contribution in [2.75, 3.05) is 19.9 Å². The van der Waals surface area contributed by atoms with Gasteiger partial charge in [-0.3, -0.25) is 4.90 Å². The summed E-state index contributed by atoms with van der Waals surface area (Å²) in [5.74, 6) is 0.932. The van der Waals surface area contributed by atoms with Crippen LogP contribution in [0.4, 0.5) is 0 Å². The summed E-state index contributed by atoms with van der Waals surface area (Å²) in [4.78, 5) is 2.81. The molecule has 0 bridgehead atoms. The Morgan fingerprint density at radius 2 is 1.83 bits per heavy atom. The molecule has 4 nitrogen and oxygen atoms in total. The van der Waals surface area contributed by atoms with E-state index in [1.54, 1.807) is 19.2 Å². The molecule has 128 valence electrons. The molecule has 1 saturated heterocycles. The Morgan fingerprint density at radius 3 is 2.50 bits per heavy atom. The Balaban J connectivity index is 1.79. The second-order valence-corrected chi connectivity index (χ2v) is 8.30. The van der Waals surface area contributed by atoms with E-state index in [-0.39, 0.29) is 0 Å². The van der Waals surface area contributed by atoms with E-state index in [2.05, 4.69) is 17.0 Å². The Labute approximate surface area is 144 Å². The van der Waals surface area contributed by atoms with Crippen molar-refractivity contribution in [2.24, 2.45) is 0 Å². The molecule has 1 aliphatic heterocycles. The summed E-state index contributed by atoms with van der Waals surface area (Å²) in [5, 5.41) is 0. The Morgan fingerprint density at radius 1 is 1.12 bits per heavy atom. The highest BCUT2D eigenvalue weighted by atomic mass is 32.2. The molecular weight excluding hydrogens is 322 g/mol. The molecule has 1 aliphatic rings. The number of rotatable bonds is 5. The minimum absolute atomic E-state index is 0.343. The maximum Gasteiger partial charge on any atom is 0.175 e. The topological polar surface area (TPSA) is 46.6 Å². The fourth-order valence-corrected chi connectivity index (χ4v) is 4.02. The molecule has 5 heteroatoms. The van der Waals surface area contributed by atoms with Crippen molar-refractivity contribution in [1.29, 1.82) is 0 Å². The molecule has 0 aliphatic carbocycles. The molecule has 2 aromatic rings. The lowest BCUT2D eigenvalue weighted by Gasteiger charge is -2.26. The predicted octanol–water partition coefficient (Wildman–Crippen LogP) is 3.44. The third-order valence-corrected chi connectivity index (χ3v) is 5.73. The van der Waals surface area contributed by atoms with Crippen LogP contribution in [0.15, 0.2) is 53.4 Å². The lowest BCUT2D eigenvalue weighted by Crippen LogP contribution is -2.23. The van der Waals surface area contributed by atoms with E-state index >= 15 is 0 Å². The second-order valence-electron chi connectivity index (χ2n) is 6.29. The third-order valence-electron chi connectivity index (χ3n) is 4.60. The smallest absolute Gasteiger partial charge is 0.175 e. The molecule has 1 atom stereocenters. The first-order chi connectivity index (χ1) is 11.5. The van der Waals surface area contributed by atoms with E-state index in [0.29, 0.717) is 10.9 Å². The van der Waals surface area contributed by atoms with E-state index in [4.69, 9.17) is 4.74 Å². The maximum atomic E-state index is 11.6. The quantitative estimate of drug-likeness (QED) is 0.833. The van der Waals surface area contributed by atoms with Crippen LogP contribution in [0.5, 0.6) is 5.75 Å². The standard InChI is InChI=1S/C19H23NO3S/c1-23-19-8-4-3-6-17(19)18-7-5-13-20(18)14-15-9-11-16(12-10-15)24(2,21)22/h3-4,6,8-12,18H,5,7,13-14H2,1-2H3. The zero-order valence-electron chi connectivity index (χ0n) is 14.1. The number of ether oxygens (including phenoxy) is 1. The molecule has 3 rings (SSSR count). The number of hydrogen-bond donors (Lipinski definition) is 0. The van der Waals surface area contributed by atoms with Crippen LogP contribution < -0.4 is 4.74 Å². The monoisotopic (exact) mass is 345 g/mol. The maximum absolute atomic E-state index is 11.6. The van der Waals surface area contributed by atoms with Gasteiger partial charge in [-0.2, -0.15) is 0 Å². The molecule has 0 amide bonds. The second kappa shape index (κ2) is 6.95. The van der Waals surface area contributed by atoms with Crippen molar-refractivity contribution < 1.29 is 13.2 Å². The van der Waals surface area contributed by atoms with Gasteiger partial charge in [0, 0.05) is 24.4 Å². The summed E-state index contributed by atoms with van der Waals surface area (Å²) in [6.45, 7) is 1.85. The van der Waals surface area contributed by atoms with Crippen molar-refractivity contribution in [3.05, 3.63) is 59.7 Å². The normalized spacial score (nSPS) is 18.7. The van der Waals surface area contributed by atoms with E-state index in [1.165, 1.54) is 11.8 Å². The molecule has 2 aromatic carbocycles. The molecule has 0 radical (unpaired) electrons.